The molecule has 5 nitrogen and oxygen atoms in total. The predicted octanol–water partition coefficient (Wildman–Crippen LogP) is 2.70. The SMILES string of the molecule is O=C(Nc1c[nH]n(-c2ccc(F)cc2F)c1=O)c1ccccc1. The lowest BCUT2D eigenvalue weighted by molar-refractivity contribution is 0.102. The molecule has 1 aromatic heterocycles. The van der Waals surface area contributed by atoms with E-state index in [2.05, 4.69) is 10.4 Å². The van der Waals surface area contributed by atoms with Gasteiger partial charge in [0.05, 0.1) is 0 Å². The molecule has 0 bridgehead atoms. The van der Waals surface area contributed by atoms with Crippen LogP contribution in [-0.2, 0) is 0 Å². The molecule has 2 N–H and O–H groups in total. The summed E-state index contributed by atoms with van der Waals surface area (Å²) in [7, 11) is 0. The molecule has 0 aliphatic rings. The fourth-order valence-electron chi connectivity index (χ4n) is 2.09. The van der Waals surface area contributed by atoms with Gasteiger partial charge in [0.2, 0.25) is 0 Å². The number of nitrogens with zero attached hydrogens (tertiary/aromatic N) is 1. The van der Waals surface area contributed by atoms with Crippen molar-refractivity contribution >= 4 is 11.6 Å². The van der Waals surface area contributed by atoms with Crippen LogP contribution in [0, 0.1) is 11.6 Å². The highest BCUT2D eigenvalue weighted by atomic mass is 19.1. The molecule has 0 radical (unpaired) electrons. The Morgan fingerprint density at radius 1 is 1.09 bits per heavy atom. The zero-order chi connectivity index (χ0) is 16.4. The van der Waals surface area contributed by atoms with Crippen molar-refractivity contribution < 1.29 is 13.6 Å². The number of aromatic amines is 1. The molecule has 2 aromatic carbocycles. The highest BCUT2D eigenvalue weighted by Crippen LogP contribution is 2.13. The summed E-state index contributed by atoms with van der Waals surface area (Å²) >= 11 is 0. The van der Waals surface area contributed by atoms with Crippen LogP contribution in [0.15, 0.2) is 59.5 Å². The van der Waals surface area contributed by atoms with E-state index in [0.717, 1.165) is 16.8 Å². The number of anilines is 1. The van der Waals surface area contributed by atoms with E-state index in [9.17, 15) is 18.4 Å². The Morgan fingerprint density at radius 2 is 1.83 bits per heavy atom. The lowest BCUT2D eigenvalue weighted by Crippen LogP contribution is -2.21. The molecule has 0 spiro atoms. The summed E-state index contributed by atoms with van der Waals surface area (Å²) in [4.78, 5) is 24.3. The van der Waals surface area contributed by atoms with E-state index in [0.29, 0.717) is 11.6 Å². The van der Waals surface area contributed by atoms with Gasteiger partial charge in [0.15, 0.2) is 5.82 Å². The number of H-pyrrole nitrogens is 1. The molecule has 0 saturated heterocycles. The second-order valence-corrected chi connectivity index (χ2v) is 4.74. The maximum absolute atomic E-state index is 13.7. The third-order valence-corrected chi connectivity index (χ3v) is 3.21. The molecule has 1 heterocycles. The van der Waals surface area contributed by atoms with Crippen LogP contribution in [0.25, 0.3) is 5.69 Å². The first kappa shape index (κ1) is 14.7. The van der Waals surface area contributed by atoms with Crippen LogP contribution in [-0.4, -0.2) is 15.7 Å². The van der Waals surface area contributed by atoms with Crippen molar-refractivity contribution in [1.29, 1.82) is 0 Å². The Bertz CT molecular complexity index is 917. The zero-order valence-electron chi connectivity index (χ0n) is 11.7. The molecule has 0 unspecified atom stereocenters. The van der Waals surface area contributed by atoms with Crippen molar-refractivity contribution in [2.24, 2.45) is 0 Å². The van der Waals surface area contributed by atoms with E-state index in [4.69, 9.17) is 0 Å². The van der Waals surface area contributed by atoms with Gasteiger partial charge >= 0.3 is 0 Å². The van der Waals surface area contributed by atoms with Crippen LogP contribution in [0.4, 0.5) is 14.5 Å². The monoisotopic (exact) mass is 315 g/mol. The van der Waals surface area contributed by atoms with E-state index in [-0.39, 0.29) is 11.4 Å². The van der Waals surface area contributed by atoms with Gasteiger partial charge in [-0.05, 0) is 24.3 Å². The number of benzene rings is 2. The molecule has 23 heavy (non-hydrogen) atoms. The molecule has 3 aromatic rings. The van der Waals surface area contributed by atoms with Crippen LogP contribution in [0.1, 0.15) is 10.4 Å². The summed E-state index contributed by atoms with van der Waals surface area (Å²) in [5.41, 5.74) is -0.452. The molecule has 116 valence electrons. The lowest BCUT2D eigenvalue weighted by Gasteiger charge is -2.03. The first-order chi connectivity index (χ1) is 11.1. The molecular weight excluding hydrogens is 304 g/mol. The maximum atomic E-state index is 13.7. The van der Waals surface area contributed by atoms with Crippen molar-refractivity contribution in [3.63, 3.8) is 0 Å². The van der Waals surface area contributed by atoms with Crippen molar-refractivity contribution in [1.82, 2.24) is 9.78 Å². The smallest absolute Gasteiger partial charge is 0.295 e. The van der Waals surface area contributed by atoms with E-state index >= 15 is 0 Å². The number of amides is 1. The van der Waals surface area contributed by atoms with E-state index in [1.165, 1.54) is 6.20 Å². The minimum Gasteiger partial charge on any atom is -0.316 e. The highest BCUT2D eigenvalue weighted by Gasteiger charge is 2.14. The molecule has 3 rings (SSSR count). The summed E-state index contributed by atoms with van der Waals surface area (Å²) in [5.74, 6) is -2.10. The number of carbonyl (C=O) groups is 1. The van der Waals surface area contributed by atoms with Crippen molar-refractivity contribution in [3.05, 3.63) is 82.3 Å². The van der Waals surface area contributed by atoms with Gasteiger partial charge in [0.25, 0.3) is 11.5 Å². The van der Waals surface area contributed by atoms with Crippen molar-refractivity contribution in [2.45, 2.75) is 0 Å². The summed E-state index contributed by atoms with van der Waals surface area (Å²) in [5, 5.41) is 4.98. The van der Waals surface area contributed by atoms with Gasteiger partial charge in [0.1, 0.15) is 17.2 Å². The van der Waals surface area contributed by atoms with E-state index < -0.39 is 23.1 Å². The quantitative estimate of drug-likeness (QED) is 0.780. The number of nitrogens with one attached hydrogen (secondary N) is 2. The van der Waals surface area contributed by atoms with Crippen LogP contribution >= 0.6 is 0 Å². The Morgan fingerprint density at radius 3 is 2.52 bits per heavy atom. The Labute approximate surface area is 129 Å². The largest absolute Gasteiger partial charge is 0.316 e. The van der Waals surface area contributed by atoms with Gasteiger partial charge in [0, 0.05) is 17.8 Å². The molecule has 0 aliphatic heterocycles. The molecule has 0 fully saturated rings. The average Bonchev–Trinajstić information content (AvgIpc) is 2.89. The summed E-state index contributed by atoms with van der Waals surface area (Å²) < 4.78 is 27.6. The van der Waals surface area contributed by atoms with Gasteiger partial charge in [-0.25, -0.2) is 13.5 Å². The lowest BCUT2D eigenvalue weighted by atomic mass is 10.2. The third kappa shape index (κ3) is 2.89. The molecule has 0 saturated carbocycles. The Kier molecular flexibility index (Phi) is 3.76. The number of halogens is 2. The predicted molar refractivity (Wildman–Crippen MR) is 80.7 cm³/mol. The minimum atomic E-state index is -0.894. The fourth-order valence-corrected chi connectivity index (χ4v) is 2.09. The number of carbonyl (C=O) groups excluding carboxylic acids is 1. The second kappa shape index (κ2) is 5.88. The standard InChI is InChI=1S/C16H11F2N3O2/c17-11-6-7-14(12(18)8-11)21-16(23)13(9-19-21)20-15(22)10-4-2-1-3-5-10/h1-9,19H,(H,20,22). The van der Waals surface area contributed by atoms with Crippen LogP contribution in [0.2, 0.25) is 0 Å². The van der Waals surface area contributed by atoms with E-state index in [1.54, 1.807) is 30.3 Å². The van der Waals surface area contributed by atoms with Gasteiger partial charge < -0.3 is 5.32 Å². The van der Waals surface area contributed by atoms with E-state index in [1.807, 2.05) is 0 Å². The zero-order valence-corrected chi connectivity index (χ0v) is 11.7. The third-order valence-electron chi connectivity index (χ3n) is 3.21. The fraction of sp³-hybridized carbons (Fsp3) is 0. The van der Waals surface area contributed by atoms with Gasteiger partial charge in [-0.2, -0.15) is 0 Å². The van der Waals surface area contributed by atoms with Gasteiger partial charge in [-0.15, -0.1) is 0 Å². The number of rotatable bonds is 3. The molecule has 7 heteroatoms. The number of aromatic nitrogens is 2. The first-order valence-corrected chi connectivity index (χ1v) is 6.68. The molecule has 0 aliphatic carbocycles. The maximum Gasteiger partial charge on any atom is 0.295 e. The number of hydrogen-bond acceptors (Lipinski definition) is 2. The second-order valence-electron chi connectivity index (χ2n) is 4.74. The van der Waals surface area contributed by atoms with Gasteiger partial charge in [-0.3, -0.25) is 14.7 Å². The van der Waals surface area contributed by atoms with Gasteiger partial charge in [-0.1, -0.05) is 18.2 Å². The van der Waals surface area contributed by atoms with Crippen LogP contribution < -0.4 is 10.9 Å². The molecule has 0 atom stereocenters. The van der Waals surface area contributed by atoms with Crippen LogP contribution in [0.3, 0.4) is 0 Å². The van der Waals surface area contributed by atoms with Crippen molar-refractivity contribution in [2.75, 3.05) is 5.32 Å². The summed E-state index contributed by atoms with van der Waals surface area (Å²) in [6, 6.07) is 11.2. The van der Waals surface area contributed by atoms with Crippen molar-refractivity contribution in [3.8, 4) is 5.69 Å². The van der Waals surface area contributed by atoms with Crippen LogP contribution in [0.5, 0.6) is 0 Å². The normalized spacial score (nSPS) is 10.5. The minimum absolute atomic E-state index is 0.0393. The summed E-state index contributed by atoms with van der Waals surface area (Å²) in [6.45, 7) is 0. The Hall–Kier alpha value is -3.22. The molecular formula is C16H11F2N3O2. The topological polar surface area (TPSA) is 66.9 Å². The average molecular weight is 315 g/mol. The highest BCUT2D eigenvalue weighted by molar-refractivity contribution is 6.04. The number of hydrogen-bond donors (Lipinski definition) is 2. The first-order valence-electron chi connectivity index (χ1n) is 6.68. The molecule has 1 amide bonds. The summed E-state index contributed by atoms with van der Waals surface area (Å²) in [6.07, 6.45) is 1.24. The Balaban J connectivity index is 1.91.